The molecule has 0 aliphatic carbocycles. The van der Waals surface area contributed by atoms with Crippen LogP contribution in [0.25, 0.3) is 11.6 Å². The van der Waals surface area contributed by atoms with Crippen LogP contribution < -0.4 is 9.47 Å². The lowest BCUT2D eigenvalue weighted by atomic mass is 10.0. The highest BCUT2D eigenvalue weighted by molar-refractivity contribution is 6.32. The quantitative estimate of drug-likeness (QED) is 0.333. The van der Waals surface area contributed by atoms with E-state index in [0.717, 1.165) is 5.56 Å². The second kappa shape index (κ2) is 10.0. The lowest BCUT2D eigenvalue weighted by Gasteiger charge is -2.14. The maximum absolute atomic E-state index is 11.1. The van der Waals surface area contributed by atoms with E-state index in [1.165, 1.54) is 19.2 Å². The van der Waals surface area contributed by atoms with E-state index < -0.39 is 5.97 Å². The third-order valence-electron chi connectivity index (χ3n) is 4.40. The van der Waals surface area contributed by atoms with Crippen LogP contribution >= 0.6 is 23.2 Å². The lowest BCUT2D eigenvalue weighted by molar-refractivity contribution is 0.0696. The zero-order valence-corrected chi connectivity index (χ0v) is 17.9. The second-order valence-corrected chi connectivity index (χ2v) is 7.35. The summed E-state index contributed by atoms with van der Waals surface area (Å²) in [5.74, 6) is -0.295. The number of rotatable bonds is 7. The average molecular weight is 454 g/mol. The molecule has 0 saturated heterocycles. The Labute approximate surface area is 189 Å². The molecule has 0 spiro atoms. The molecule has 0 aliphatic rings. The van der Waals surface area contributed by atoms with Gasteiger partial charge in [-0.3, -0.25) is 0 Å². The highest BCUT2D eigenvalue weighted by Gasteiger charge is 2.13. The third kappa shape index (κ3) is 5.58. The van der Waals surface area contributed by atoms with Crippen LogP contribution in [0.15, 0.2) is 60.7 Å². The van der Waals surface area contributed by atoms with Crippen molar-refractivity contribution in [3.63, 3.8) is 0 Å². The van der Waals surface area contributed by atoms with Gasteiger partial charge in [-0.05, 0) is 59.2 Å². The number of benzene rings is 3. The van der Waals surface area contributed by atoms with Crippen LogP contribution in [-0.4, -0.2) is 18.2 Å². The van der Waals surface area contributed by atoms with E-state index in [4.69, 9.17) is 37.8 Å². The summed E-state index contributed by atoms with van der Waals surface area (Å²) in [5.41, 5.74) is 2.67. The fourth-order valence-electron chi connectivity index (χ4n) is 2.89. The standard InChI is InChI=1S/C24H17Cl2NO4/c1-30-22-12-16(10-19(13-27)17-5-7-20(25)8-6-17)11-21(26)23(22)31-14-15-3-2-4-18(9-15)24(28)29/h2-12H,14H2,1H3,(H,28,29). The summed E-state index contributed by atoms with van der Waals surface area (Å²) < 4.78 is 11.2. The Morgan fingerprint density at radius 2 is 1.84 bits per heavy atom. The molecular weight excluding hydrogens is 437 g/mol. The van der Waals surface area contributed by atoms with Crippen LogP contribution in [0.1, 0.15) is 27.0 Å². The van der Waals surface area contributed by atoms with Crippen molar-refractivity contribution >= 4 is 40.8 Å². The highest BCUT2D eigenvalue weighted by Crippen LogP contribution is 2.38. The van der Waals surface area contributed by atoms with E-state index >= 15 is 0 Å². The fraction of sp³-hybridized carbons (Fsp3) is 0.0833. The average Bonchev–Trinajstić information content (AvgIpc) is 2.77. The number of nitriles is 1. The number of carboxylic acids is 1. The molecule has 0 saturated carbocycles. The molecule has 31 heavy (non-hydrogen) atoms. The predicted octanol–water partition coefficient (Wildman–Crippen LogP) is 6.34. The number of carboxylic acid groups (broad SMARTS) is 1. The largest absolute Gasteiger partial charge is 0.493 e. The van der Waals surface area contributed by atoms with Crippen LogP contribution in [0.3, 0.4) is 0 Å². The molecule has 0 radical (unpaired) electrons. The molecule has 0 heterocycles. The number of carbonyl (C=O) groups is 1. The summed E-state index contributed by atoms with van der Waals surface area (Å²) in [5, 5.41) is 19.6. The lowest BCUT2D eigenvalue weighted by Crippen LogP contribution is -2.01. The number of allylic oxidation sites excluding steroid dienone is 1. The number of methoxy groups -OCH3 is 1. The zero-order chi connectivity index (χ0) is 22.4. The Morgan fingerprint density at radius 3 is 2.48 bits per heavy atom. The van der Waals surface area contributed by atoms with Crippen molar-refractivity contribution in [2.75, 3.05) is 7.11 Å². The van der Waals surface area contributed by atoms with Gasteiger partial charge < -0.3 is 14.6 Å². The molecule has 1 N–H and O–H groups in total. The molecule has 0 aliphatic heterocycles. The third-order valence-corrected chi connectivity index (χ3v) is 4.93. The molecule has 7 heteroatoms. The molecule has 156 valence electrons. The van der Waals surface area contributed by atoms with Crippen LogP contribution in [0.2, 0.25) is 10.0 Å². The van der Waals surface area contributed by atoms with Crippen LogP contribution in [0.5, 0.6) is 11.5 Å². The first-order valence-corrected chi connectivity index (χ1v) is 9.87. The molecule has 0 unspecified atom stereocenters. The molecule has 0 atom stereocenters. The summed E-state index contributed by atoms with van der Waals surface area (Å²) in [4.78, 5) is 11.1. The molecule has 0 aromatic heterocycles. The molecule has 3 rings (SSSR count). The van der Waals surface area contributed by atoms with E-state index in [2.05, 4.69) is 6.07 Å². The van der Waals surface area contributed by atoms with Gasteiger partial charge in [0, 0.05) is 5.02 Å². The summed E-state index contributed by atoms with van der Waals surface area (Å²) >= 11 is 12.3. The van der Waals surface area contributed by atoms with Crippen molar-refractivity contribution in [2.24, 2.45) is 0 Å². The normalized spacial score (nSPS) is 11.0. The topological polar surface area (TPSA) is 79.5 Å². The van der Waals surface area contributed by atoms with Gasteiger partial charge in [-0.1, -0.05) is 47.5 Å². The Kier molecular flexibility index (Phi) is 7.19. The SMILES string of the molecule is COc1cc(C=C(C#N)c2ccc(Cl)cc2)cc(Cl)c1OCc1cccc(C(=O)O)c1. The number of hydrogen-bond donors (Lipinski definition) is 1. The van der Waals surface area contributed by atoms with Crippen LogP contribution in [-0.2, 0) is 6.61 Å². The first-order valence-electron chi connectivity index (χ1n) is 9.11. The van der Waals surface area contributed by atoms with Gasteiger partial charge in [0.15, 0.2) is 11.5 Å². The van der Waals surface area contributed by atoms with Gasteiger partial charge in [0.1, 0.15) is 6.61 Å². The summed E-state index contributed by atoms with van der Waals surface area (Å²) in [6, 6.07) is 19.0. The van der Waals surface area contributed by atoms with Gasteiger partial charge in [-0.25, -0.2) is 4.79 Å². The Bertz CT molecular complexity index is 1180. The van der Waals surface area contributed by atoms with Gasteiger partial charge in [-0.2, -0.15) is 5.26 Å². The van der Waals surface area contributed by atoms with Gasteiger partial charge >= 0.3 is 5.97 Å². The minimum Gasteiger partial charge on any atom is -0.493 e. The Hall–Kier alpha value is -3.46. The van der Waals surface area contributed by atoms with E-state index in [1.54, 1.807) is 54.6 Å². The fourth-order valence-corrected chi connectivity index (χ4v) is 3.29. The highest BCUT2D eigenvalue weighted by atomic mass is 35.5. The van der Waals surface area contributed by atoms with E-state index in [9.17, 15) is 10.1 Å². The van der Waals surface area contributed by atoms with Crippen molar-refractivity contribution in [1.82, 2.24) is 0 Å². The van der Waals surface area contributed by atoms with Crippen LogP contribution in [0, 0.1) is 11.3 Å². The van der Waals surface area contributed by atoms with E-state index in [1.807, 2.05) is 0 Å². The monoisotopic (exact) mass is 453 g/mol. The van der Waals surface area contributed by atoms with Gasteiger partial charge in [0.05, 0.1) is 29.3 Å². The first kappa shape index (κ1) is 22.2. The molecule has 5 nitrogen and oxygen atoms in total. The van der Waals surface area contributed by atoms with Gasteiger partial charge in [0.2, 0.25) is 0 Å². The zero-order valence-electron chi connectivity index (χ0n) is 16.4. The van der Waals surface area contributed by atoms with Crippen molar-refractivity contribution in [3.05, 3.63) is 93.0 Å². The maximum atomic E-state index is 11.1. The van der Waals surface area contributed by atoms with Gasteiger partial charge in [0.25, 0.3) is 0 Å². The molecule has 3 aromatic rings. The van der Waals surface area contributed by atoms with Crippen molar-refractivity contribution in [3.8, 4) is 17.6 Å². The Morgan fingerprint density at radius 1 is 1.10 bits per heavy atom. The van der Waals surface area contributed by atoms with Crippen LogP contribution in [0.4, 0.5) is 0 Å². The number of nitrogens with zero attached hydrogens (tertiary/aromatic N) is 1. The van der Waals surface area contributed by atoms with E-state index in [-0.39, 0.29) is 12.2 Å². The molecule has 3 aromatic carbocycles. The van der Waals surface area contributed by atoms with Crippen molar-refractivity contribution in [2.45, 2.75) is 6.61 Å². The summed E-state index contributed by atoms with van der Waals surface area (Å²) in [6.45, 7) is 0.112. The number of ether oxygens (including phenoxy) is 2. The molecule has 0 bridgehead atoms. The van der Waals surface area contributed by atoms with Crippen molar-refractivity contribution in [1.29, 1.82) is 5.26 Å². The number of aromatic carboxylic acids is 1. The minimum absolute atomic E-state index is 0.112. The van der Waals surface area contributed by atoms with Crippen molar-refractivity contribution < 1.29 is 19.4 Å². The molecular formula is C24H17Cl2NO4. The minimum atomic E-state index is -1.01. The molecule has 0 fully saturated rings. The predicted molar refractivity (Wildman–Crippen MR) is 121 cm³/mol. The second-order valence-electron chi connectivity index (χ2n) is 6.51. The van der Waals surface area contributed by atoms with Gasteiger partial charge in [-0.15, -0.1) is 0 Å². The Balaban J connectivity index is 1.88. The number of hydrogen-bond acceptors (Lipinski definition) is 4. The number of halogens is 2. The smallest absolute Gasteiger partial charge is 0.335 e. The van der Waals surface area contributed by atoms with E-state index in [0.29, 0.717) is 38.2 Å². The molecule has 0 amide bonds. The maximum Gasteiger partial charge on any atom is 0.335 e. The summed E-state index contributed by atoms with van der Waals surface area (Å²) in [6.07, 6.45) is 1.69. The summed E-state index contributed by atoms with van der Waals surface area (Å²) in [7, 11) is 1.49. The first-order chi connectivity index (χ1) is 14.9.